The van der Waals surface area contributed by atoms with Crippen LogP contribution < -0.4 is 5.32 Å². The van der Waals surface area contributed by atoms with Crippen LogP contribution in [0.4, 0.5) is 5.69 Å². The van der Waals surface area contributed by atoms with Crippen LogP contribution in [0.3, 0.4) is 0 Å². The molecule has 0 fully saturated rings. The predicted octanol–water partition coefficient (Wildman–Crippen LogP) is 4.24. The van der Waals surface area contributed by atoms with E-state index < -0.39 is 0 Å². The number of hydrogen-bond acceptors (Lipinski definition) is 4. The third kappa shape index (κ3) is 3.59. The summed E-state index contributed by atoms with van der Waals surface area (Å²) in [6.45, 7) is 0.124. The third-order valence-corrected chi connectivity index (χ3v) is 4.86. The van der Waals surface area contributed by atoms with Crippen LogP contribution in [0.25, 0.3) is 5.57 Å². The summed E-state index contributed by atoms with van der Waals surface area (Å²) in [5.74, 6) is -0.700. The number of anilines is 1. The Balaban J connectivity index is 1.74. The number of nitrogens with zero attached hydrogens (tertiary/aromatic N) is 2. The largest absolute Gasteiger partial charge is 0.350 e. The molecule has 0 unspecified atom stereocenters. The summed E-state index contributed by atoms with van der Waals surface area (Å²) in [7, 11) is 0. The molecule has 6 heteroatoms. The average molecular weight is 434 g/mol. The van der Waals surface area contributed by atoms with Crippen LogP contribution in [0.15, 0.2) is 89.2 Å². The number of imide groups is 1. The highest BCUT2D eigenvalue weighted by Crippen LogP contribution is 2.31. The molecule has 1 aliphatic heterocycles. The van der Waals surface area contributed by atoms with Gasteiger partial charge in [-0.15, -0.1) is 0 Å². The van der Waals surface area contributed by atoms with Gasteiger partial charge in [-0.3, -0.25) is 19.5 Å². The summed E-state index contributed by atoms with van der Waals surface area (Å²) < 4.78 is 0.876. The highest BCUT2D eigenvalue weighted by molar-refractivity contribution is 9.10. The topological polar surface area (TPSA) is 62.3 Å². The smallest absolute Gasteiger partial charge is 0.278 e. The molecule has 5 nitrogen and oxygen atoms in total. The van der Waals surface area contributed by atoms with Gasteiger partial charge in [0.25, 0.3) is 11.8 Å². The van der Waals surface area contributed by atoms with E-state index in [4.69, 9.17) is 0 Å². The first kappa shape index (κ1) is 18.1. The third-order valence-electron chi connectivity index (χ3n) is 4.37. The molecule has 0 aliphatic carbocycles. The molecular weight excluding hydrogens is 418 g/mol. The van der Waals surface area contributed by atoms with Gasteiger partial charge in [-0.1, -0.05) is 58.4 Å². The molecule has 1 aromatic heterocycles. The Hall–Kier alpha value is -3.25. The minimum Gasteiger partial charge on any atom is -0.350 e. The van der Waals surface area contributed by atoms with Crippen molar-refractivity contribution in [2.45, 2.75) is 6.54 Å². The van der Waals surface area contributed by atoms with Gasteiger partial charge in [-0.25, -0.2) is 0 Å². The summed E-state index contributed by atoms with van der Waals surface area (Å²) in [6.07, 6.45) is 1.65. The molecule has 0 saturated heterocycles. The number of halogens is 1. The molecule has 0 bridgehead atoms. The number of nitrogens with one attached hydrogen (secondary N) is 1. The van der Waals surface area contributed by atoms with Gasteiger partial charge >= 0.3 is 0 Å². The number of hydrogen-bond donors (Lipinski definition) is 1. The molecule has 0 saturated carbocycles. The fourth-order valence-corrected chi connectivity index (χ4v) is 3.47. The van der Waals surface area contributed by atoms with Crippen molar-refractivity contribution in [1.82, 2.24) is 9.88 Å². The van der Waals surface area contributed by atoms with E-state index in [1.54, 1.807) is 18.3 Å². The molecule has 2 heterocycles. The van der Waals surface area contributed by atoms with Gasteiger partial charge < -0.3 is 5.32 Å². The molecule has 2 amide bonds. The number of pyridine rings is 1. The summed E-state index contributed by atoms with van der Waals surface area (Å²) in [5.41, 5.74) is 2.70. The van der Waals surface area contributed by atoms with E-state index in [-0.39, 0.29) is 24.1 Å². The van der Waals surface area contributed by atoms with Crippen LogP contribution in [-0.4, -0.2) is 21.7 Å². The van der Waals surface area contributed by atoms with Gasteiger partial charge in [0.05, 0.1) is 17.8 Å². The van der Waals surface area contributed by atoms with Gasteiger partial charge in [0.1, 0.15) is 5.70 Å². The van der Waals surface area contributed by atoms with Crippen LogP contribution in [0.1, 0.15) is 11.3 Å². The van der Waals surface area contributed by atoms with Crippen LogP contribution >= 0.6 is 15.9 Å². The van der Waals surface area contributed by atoms with E-state index in [9.17, 15) is 9.59 Å². The van der Waals surface area contributed by atoms with E-state index >= 15 is 0 Å². The van der Waals surface area contributed by atoms with E-state index in [2.05, 4.69) is 26.2 Å². The van der Waals surface area contributed by atoms with Crippen molar-refractivity contribution in [3.05, 3.63) is 100 Å². The van der Waals surface area contributed by atoms with Gasteiger partial charge in [-0.2, -0.15) is 0 Å². The second-order valence-corrected chi connectivity index (χ2v) is 7.18. The summed E-state index contributed by atoms with van der Waals surface area (Å²) in [5, 5.41) is 3.14. The first-order valence-corrected chi connectivity index (χ1v) is 9.51. The Labute approximate surface area is 170 Å². The lowest BCUT2D eigenvalue weighted by atomic mass is 10.0. The van der Waals surface area contributed by atoms with Crippen molar-refractivity contribution >= 4 is 39.0 Å². The van der Waals surface area contributed by atoms with Gasteiger partial charge in [0.15, 0.2) is 0 Å². The lowest BCUT2D eigenvalue weighted by molar-refractivity contribution is -0.137. The monoisotopic (exact) mass is 433 g/mol. The lowest BCUT2D eigenvalue weighted by Gasteiger charge is -2.14. The first-order valence-electron chi connectivity index (χ1n) is 8.72. The van der Waals surface area contributed by atoms with E-state index in [0.717, 1.165) is 10.2 Å². The van der Waals surface area contributed by atoms with Gasteiger partial charge in [0.2, 0.25) is 0 Å². The summed E-state index contributed by atoms with van der Waals surface area (Å²) in [4.78, 5) is 31.8. The van der Waals surface area contributed by atoms with E-state index in [1.165, 1.54) is 4.90 Å². The number of aromatic nitrogens is 1. The Morgan fingerprint density at radius 1 is 0.893 bits per heavy atom. The van der Waals surface area contributed by atoms with E-state index in [0.29, 0.717) is 16.8 Å². The molecule has 3 aromatic rings. The highest BCUT2D eigenvalue weighted by atomic mass is 79.9. The van der Waals surface area contributed by atoms with Gasteiger partial charge in [0, 0.05) is 16.4 Å². The van der Waals surface area contributed by atoms with Crippen molar-refractivity contribution < 1.29 is 9.59 Å². The molecule has 138 valence electrons. The number of carbonyl (C=O) groups is 2. The lowest BCUT2D eigenvalue weighted by Crippen LogP contribution is -2.32. The predicted molar refractivity (Wildman–Crippen MR) is 111 cm³/mol. The molecule has 0 spiro atoms. The Morgan fingerprint density at radius 2 is 1.68 bits per heavy atom. The number of benzene rings is 2. The van der Waals surface area contributed by atoms with Crippen LogP contribution in [0.2, 0.25) is 0 Å². The van der Waals surface area contributed by atoms with Crippen LogP contribution in [0.5, 0.6) is 0 Å². The van der Waals surface area contributed by atoms with Crippen molar-refractivity contribution in [2.24, 2.45) is 0 Å². The minimum absolute atomic E-state index is 0.124. The fraction of sp³-hybridized carbons (Fsp3) is 0.0455. The average Bonchev–Trinajstić information content (AvgIpc) is 2.94. The zero-order valence-electron chi connectivity index (χ0n) is 14.8. The molecule has 1 aliphatic rings. The molecule has 1 N–H and O–H groups in total. The Kier molecular flexibility index (Phi) is 5.04. The second-order valence-electron chi connectivity index (χ2n) is 6.27. The van der Waals surface area contributed by atoms with Crippen molar-refractivity contribution in [3.63, 3.8) is 0 Å². The standard InChI is InChI=1S/C22H16BrN3O2/c23-16-9-6-11-17(13-16)25-20-19(15-7-2-1-3-8-15)21(27)26(22(20)28)14-18-10-4-5-12-24-18/h1-13,25H,14H2. The molecule has 4 rings (SSSR count). The maximum absolute atomic E-state index is 13.2. The van der Waals surface area contributed by atoms with Crippen molar-refractivity contribution in [1.29, 1.82) is 0 Å². The summed E-state index contributed by atoms with van der Waals surface area (Å²) >= 11 is 3.43. The molecule has 0 radical (unpaired) electrons. The van der Waals surface area contributed by atoms with E-state index in [1.807, 2.05) is 60.7 Å². The zero-order valence-corrected chi connectivity index (χ0v) is 16.4. The molecular formula is C22H16BrN3O2. The Bertz CT molecular complexity index is 1070. The maximum atomic E-state index is 13.2. The van der Waals surface area contributed by atoms with Gasteiger partial charge in [-0.05, 0) is 35.9 Å². The highest BCUT2D eigenvalue weighted by Gasteiger charge is 2.39. The SMILES string of the molecule is O=C1C(Nc2cccc(Br)c2)=C(c2ccccc2)C(=O)N1Cc1ccccn1. The quantitative estimate of drug-likeness (QED) is 0.611. The second kappa shape index (κ2) is 7.78. The number of rotatable bonds is 5. The minimum atomic E-state index is -0.366. The Morgan fingerprint density at radius 3 is 2.39 bits per heavy atom. The fourth-order valence-electron chi connectivity index (χ4n) is 3.07. The van der Waals surface area contributed by atoms with Crippen LogP contribution in [0, 0.1) is 0 Å². The number of carbonyl (C=O) groups excluding carboxylic acids is 2. The van der Waals surface area contributed by atoms with Crippen LogP contribution in [-0.2, 0) is 16.1 Å². The summed E-state index contributed by atoms with van der Waals surface area (Å²) in [6, 6.07) is 22.1. The van der Waals surface area contributed by atoms with Crippen molar-refractivity contribution in [2.75, 3.05) is 5.32 Å². The first-order chi connectivity index (χ1) is 13.6. The number of amides is 2. The molecule has 2 aromatic carbocycles. The molecule has 28 heavy (non-hydrogen) atoms. The van der Waals surface area contributed by atoms with Crippen molar-refractivity contribution in [3.8, 4) is 0 Å². The normalized spacial score (nSPS) is 14.0. The zero-order chi connectivity index (χ0) is 19.5. The molecule has 0 atom stereocenters. The maximum Gasteiger partial charge on any atom is 0.278 e.